The van der Waals surface area contributed by atoms with Crippen LogP contribution in [0.5, 0.6) is 0 Å². The molecule has 0 bridgehead atoms. The fourth-order valence-corrected chi connectivity index (χ4v) is 3.17. The van der Waals surface area contributed by atoms with Gasteiger partial charge in [0.25, 0.3) is 0 Å². The highest BCUT2D eigenvalue weighted by Crippen LogP contribution is 2.26. The number of nitrogens with one attached hydrogen (secondary N) is 2. The molecule has 5 nitrogen and oxygen atoms in total. The molecule has 2 aromatic carbocycles. The second-order valence-electron chi connectivity index (χ2n) is 6.54. The molecule has 0 saturated carbocycles. The lowest BCUT2D eigenvalue weighted by Crippen LogP contribution is -2.39. The first-order valence-corrected chi connectivity index (χ1v) is 9.29. The summed E-state index contributed by atoms with van der Waals surface area (Å²) in [7, 11) is 1.72. The number of halogens is 2. The van der Waals surface area contributed by atoms with Crippen LogP contribution in [-0.4, -0.2) is 36.9 Å². The standard InChI is InChI=1S/C20H23Cl2N3O2/c1-13-4-7-16(8-5-13)24-20(27)12-25(3)11-19(26)23-14(2)17-9-6-15(21)10-18(17)22/h4-10,14H,11-12H2,1-3H3,(H,23,26)(H,24,27)/t14-/m1/s1. The summed E-state index contributed by atoms with van der Waals surface area (Å²) in [6.45, 7) is 4.03. The number of anilines is 1. The van der Waals surface area contributed by atoms with Crippen molar-refractivity contribution in [2.45, 2.75) is 19.9 Å². The molecule has 0 aliphatic rings. The van der Waals surface area contributed by atoms with Crippen molar-refractivity contribution in [3.63, 3.8) is 0 Å². The van der Waals surface area contributed by atoms with E-state index in [1.165, 1.54) is 0 Å². The summed E-state index contributed by atoms with van der Waals surface area (Å²) in [6, 6.07) is 12.4. The molecule has 1 atom stereocenters. The molecule has 2 aromatic rings. The molecule has 27 heavy (non-hydrogen) atoms. The van der Waals surface area contributed by atoms with Crippen molar-refractivity contribution >= 4 is 40.7 Å². The summed E-state index contributed by atoms with van der Waals surface area (Å²) in [5.41, 5.74) is 2.64. The Bertz CT molecular complexity index is 809. The zero-order valence-corrected chi connectivity index (χ0v) is 17.1. The summed E-state index contributed by atoms with van der Waals surface area (Å²) in [5.74, 6) is -0.373. The molecule has 0 unspecified atom stereocenters. The number of hydrogen-bond donors (Lipinski definition) is 2. The molecule has 0 heterocycles. The van der Waals surface area contributed by atoms with Crippen LogP contribution in [0.3, 0.4) is 0 Å². The fraction of sp³-hybridized carbons (Fsp3) is 0.300. The Morgan fingerprint density at radius 3 is 2.30 bits per heavy atom. The van der Waals surface area contributed by atoms with E-state index in [1.807, 2.05) is 38.1 Å². The summed E-state index contributed by atoms with van der Waals surface area (Å²) in [4.78, 5) is 26.0. The normalized spacial score (nSPS) is 11.9. The Balaban J connectivity index is 1.82. The van der Waals surface area contributed by atoms with Crippen molar-refractivity contribution in [1.82, 2.24) is 10.2 Å². The Morgan fingerprint density at radius 1 is 1.04 bits per heavy atom. The van der Waals surface area contributed by atoms with Gasteiger partial charge in [-0.05, 0) is 50.7 Å². The van der Waals surface area contributed by atoms with Gasteiger partial charge in [-0.3, -0.25) is 14.5 Å². The number of likely N-dealkylation sites (N-methyl/N-ethyl adjacent to an activating group) is 1. The number of benzene rings is 2. The molecule has 0 aliphatic heterocycles. The number of amides is 2. The van der Waals surface area contributed by atoms with E-state index < -0.39 is 0 Å². The molecule has 0 spiro atoms. The van der Waals surface area contributed by atoms with Crippen molar-refractivity contribution in [2.24, 2.45) is 0 Å². The number of carbonyl (C=O) groups is 2. The minimum atomic E-state index is -0.267. The molecule has 2 amide bonds. The highest BCUT2D eigenvalue weighted by molar-refractivity contribution is 6.35. The van der Waals surface area contributed by atoms with Gasteiger partial charge >= 0.3 is 0 Å². The van der Waals surface area contributed by atoms with Gasteiger partial charge in [-0.15, -0.1) is 0 Å². The van der Waals surface area contributed by atoms with E-state index >= 15 is 0 Å². The van der Waals surface area contributed by atoms with E-state index in [1.54, 1.807) is 30.1 Å². The zero-order chi connectivity index (χ0) is 20.0. The largest absolute Gasteiger partial charge is 0.348 e. The van der Waals surface area contributed by atoms with Gasteiger partial charge in [-0.2, -0.15) is 0 Å². The molecule has 7 heteroatoms. The van der Waals surface area contributed by atoms with E-state index in [9.17, 15) is 9.59 Å². The Labute approximate surface area is 169 Å². The van der Waals surface area contributed by atoms with Crippen LogP contribution < -0.4 is 10.6 Å². The van der Waals surface area contributed by atoms with Crippen LogP contribution in [0.1, 0.15) is 24.1 Å². The Kier molecular flexibility index (Phi) is 7.66. The monoisotopic (exact) mass is 407 g/mol. The minimum absolute atomic E-state index is 0.0941. The van der Waals surface area contributed by atoms with E-state index in [4.69, 9.17) is 23.2 Å². The lowest BCUT2D eigenvalue weighted by atomic mass is 10.1. The summed E-state index contributed by atoms with van der Waals surface area (Å²) in [5, 5.41) is 6.73. The quantitative estimate of drug-likeness (QED) is 0.727. The first-order chi connectivity index (χ1) is 12.7. The number of aryl methyl sites for hydroxylation is 1. The Hall–Kier alpha value is -2.08. The molecular weight excluding hydrogens is 385 g/mol. The van der Waals surface area contributed by atoms with E-state index in [0.717, 1.165) is 16.8 Å². The maximum atomic E-state index is 12.2. The SMILES string of the molecule is Cc1ccc(NC(=O)CN(C)CC(=O)N[C@H](C)c2ccc(Cl)cc2Cl)cc1. The molecule has 144 valence electrons. The van der Waals surface area contributed by atoms with Gasteiger partial charge in [0.15, 0.2) is 0 Å². The molecule has 0 fully saturated rings. The molecule has 0 aliphatic carbocycles. The highest BCUT2D eigenvalue weighted by atomic mass is 35.5. The second-order valence-corrected chi connectivity index (χ2v) is 7.39. The number of rotatable bonds is 7. The van der Waals surface area contributed by atoms with Crippen molar-refractivity contribution in [3.05, 3.63) is 63.6 Å². The third-order valence-electron chi connectivity index (χ3n) is 3.97. The maximum Gasteiger partial charge on any atom is 0.238 e. The van der Waals surface area contributed by atoms with Crippen LogP contribution >= 0.6 is 23.2 Å². The predicted octanol–water partition coefficient (Wildman–Crippen LogP) is 4.05. The van der Waals surface area contributed by atoms with E-state index in [0.29, 0.717) is 10.0 Å². The lowest BCUT2D eigenvalue weighted by Gasteiger charge is -2.19. The van der Waals surface area contributed by atoms with E-state index in [2.05, 4.69) is 10.6 Å². The van der Waals surface area contributed by atoms with Gasteiger partial charge in [0.05, 0.1) is 19.1 Å². The number of hydrogen-bond acceptors (Lipinski definition) is 3. The van der Waals surface area contributed by atoms with Crippen LogP contribution in [-0.2, 0) is 9.59 Å². The second kappa shape index (κ2) is 9.74. The van der Waals surface area contributed by atoms with Crippen LogP contribution in [0.4, 0.5) is 5.69 Å². The maximum absolute atomic E-state index is 12.2. The molecular formula is C20H23Cl2N3O2. The van der Waals surface area contributed by atoms with Crippen LogP contribution in [0.2, 0.25) is 10.0 Å². The average Bonchev–Trinajstić information content (AvgIpc) is 2.56. The minimum Gasteiger partial charge on any atom is -0.348 e. The van der Waals surface area contributed by atoms with E-state index in [-0.39, 0.29) is 30.9 Å². The average molecular weight is 408 g/mol. The summed E-state index contributed by atoms with van der Waals surface area (Å²) in [6.07, 6.45) is 0. The van der Waals surface area contributed by atoms with Crippen LogP contribution in [0.25, 0.3) is 0 Å². The van der Waals surface area contributed by atoms with Gasteiger partial charge in [-0.25, -0.2) is 0 Å². The fourth-order valence-electron chi connectivity index (χ4n) is 2.60. The predicted molar refractivity (Wildman–Crippen MR) is 110 cm³/mol. The number of nitrogens with zero attached hydrogens (tertiary/aromatic N) is 1. The van der Waals surface area contributed by atoms with Crippen molar-refractivity contribution in [2.75, 3.05) is 25.5 Å². The molecule has 0 radical (unpaired) electrons. The summed E-state index contributed by atoms with van der Waals surface area (Å²) < 4.78 is 0. The first kappa shape index (κ1) is 21.2. The molecule has 2 N–H and O–H groups in total. The first-order valence-electron chi connectivity index (χ1n) is 8.54. The van der Waals surface area contributed by atoms with Gasteiger partial charge in [0, 0.05) is 15.7 Å². The van der Waals surface area contributed by atoms with Gasteiger partial charge in [-0.1, -0.05) is 47.0 Å². The van der Waals surface area contributed by atoms with Crippen molar-refractivity contribution in [3.8, 4) is 0 Å². The van der Waals surface area contributed by atoms with Gasteiger partial charge in [0.1, 0.15) is 0 Å². The third-order valence-corrected chi connectivity index (χ3v) is 4.53. The molecule has 2 rings (SSSR count). The summed E-state index contributed by atoms with van der Waals surface area (Å²) >= 11 is 12.1. The lowest BCUT2D eigenvalue weighted by molar-refractivity contribution is -0.123. The number of carbonyl (C=O) groups excluding carboxylic acids is 2. The molecule has 0 saturated heterocycles. The van der Waals surface area contributed by atoms with Crippen LogP contribution in [0.15, 0.2) is 42.5 Å². The third kappa shape index (κ3) is 6.86. The van der Waals surface area contributed by atoms with Crippen molar-refractivity contribution < 1.29 is 9.59 Å². The van der Waals surface area contributed by atoms with Gasteiger partial charge in [0.2, 0.25) is 11.8 Å². The molecule has 0 aromatic heterocycles. The topological polar surface area (TPSA) is 61.4 Å². The highest BCUT2D eigenvalue weighted by Gasteiger charge is 2.15. The smallest absolute Gasteiger partial charge is 0.238 e. The zero-order valence-electron chi connectivity index (χ0n) is 15.6. The van der Waals surface area contributed by atoms with Crippen molar-refractivity contribution in [1.29, 1.82) is 0 Å². The van der Waals surface area contributed by atoms with Crippen LogP contribution in [0, 0.1) is 6.92 Å². The Morgan fingerprint density at radius 2 is 1.67 bits per heavy atom. The van der Waals surface area contributed by atoms with Gasteiger partial charge < -0.3 is 10.6 Å².